The molecule has 0 saturated carbocycles. The molecule has 2 aliphatic heterocycles. The Hall–Kier alpha value is -2.01. The third-order valence-corrected chi connectivity index (χ3v) is 4.08. The zero-order valence-corrected chi connectivity index (χ0v) is 11.8. The van der Waals surface area contributed by atoms with Crippen molar-refractivity contribution in [2.45, 2.75) is 12.8 Å². The first-order valence-electron chi connectivity index (χ1n) is 7.42. The Morgan fingerprint density at radius 1 is 1.29 bits per heavy atom. The molecule has 5 nitrogen and oxygen atoms in total. The first-order valence-corrected chi connectivity index (χ1v) is 7.42. The number of nitrogens with one attached hydrogen (secondary N) is 1. The Labute approximate surface area is 123 Å². The molecular weight excluding hydrogens is 268 g/mol. The highest BCUT2D eigenvalue weighted by molar-refractivity contribution is 5.90. The minimum atomic E-state index is 0.281. The van der Waals surface area contributed by atoms with E-state index in [4.69, 9.17) is 14.2 Å². The van der Waals surface area contributed by atoms with Crippen LogP contribution in [-0.4, -0.2) is 31.5 Å². The van der Waals surface area contributed by atoms with Gasteiger partial charge in [-0.1, -0.05) is 0 Å². The van der Waals surface area contributed by atoms with Crippen LogP contribution in [0.3, 0.4) is 0 Å². The second-order valence-electron chi connectivity index (χ2n) is 5.57. The van der Waals surface area contributed by atoms with Crippen molar-refractivity contribution in [1.29, 1.82) is 0 Å². The van der Waals surface area contributed by atoms with Crippen LogP contribution in [0.4, 0.5) is 0 Å². The highest BCUT2D eigenvalue weighted by Crippen LogP contribution is 2.38. The third kappa shape index (κ3) is 2.49. The number of aromatic nitrogens is 1. The molecule has 1 N–H and O–H groups in total. The summed E-state index contributed by atoms with van der Waals surface area (Å²) in [4.78, 5) is 4.38. The maximum absolute atomic E-state index is 5.97. The van der Waals surface area contributed by atoms with E-state index in [1.54, 1.807) is 6.20 Å². The molecule has 5 heteroatoms. The van der Waals surface area contributed by atoms with E-state index in [0.29, 0.717) is 18.4 Å². The van der Waals surface area contributed by atoms with Gasteiger partial charge in [-0.25, -0.2) is 4.98 Å². The van der Waals surface area contributed by atoms with Gasteiger partial charge in [0.05, 0.1) is 6.61 Å². The predicted octanol–water partition coefficient (Wildman–Crippen LogP) is 2.34. The smallest absolute Gasteiger partial charge is 0.231 e. The molecule has 2 aliphatic rings. The number of ether oxygens (including phenoxy) is 3. The quantitative estimate of drug-likeness (QED) is 0.938. The van der Waals surface area contributed by atoms with Gasteiger partial charge in [0.15, 0.2) is 11.5 Å². The molecule has 1 saturated heterocycles. The zero-order chi connectivity index (χ0) is 14.1. The summed E-state index contributed by atoms with van der Waals surface area (Å²) < 4.78 is 16.8. The molecule has 0 aliphatic carbocycles. The number of benzene rings is 1. The first-order chi connectivity index (χ1) is 10.4. The molecule has 3 heterocycles. The molecule has 1 unspecified atom stereocenters. The normalized spacial score (nSPS) is 20.7. The van der Waals surface area contributed by atoms with Crippen LogP contribution in [0.2, 0.25) is 0 Å². The molecule has 110 valence electrons. The average molecular weight is 286 g/mol. The van der Waals surface area contributed by atoms with Gasteiger partial charge in [-0.05, 0) is 43.0 Å². The molecule has 0 spiro atoms. The fraction of sp³-hybridized carbons (Fsp3) is 0.438. The fourth-order valence-corrected chi connectivity index (χ4v) is 2.91. The highest BCUT2D eigenvalue weighted by Gasteiger charge is 2.18. The van der Waals surface area contributed by atoms with Crippen LogP contribution in [0.25, 0.3) is 10.8 Å². The van der Waals surface area contributed by atoms with Crippen molar-refractivity contribution in [1.82, 2.24) is 10.3 Å². The van der Waals surface area contributed by atoms with Crippen LogP contribution in [0.1, 0.15) is 12.8 Å². The van der Waals surface area contributed by atoms with Crippen molar-refractivity contribution < 1.29 is 14.2 Å². The monoisotopic (exact) mass is 286 g/mol. The Morgan fingerprint density at radius 2 is 2.19 bits per heavy atom. The van der Waals surface area contributed by atoms with Crippen molar-refractivity contribution in [3.63, 3.8) is 0 Å². The van der Waals surface area contributed by atoms with Crippen LogP contribution in [0.15, 0.2) is 24.4 Å². The summed E-state index contributed by atoms with van der Waals surface area (Å²) in [7, 11) is 0. The van der Waals surface area contributed by atoms with Crippen molar-refractivity contribution in [2.75, 3.05) is 26.5 Å². The molecular formula is C16H18N2O3. The molecule has 1 aromatic heterocycles. The predicted molar refractivity (Wildman–Crippen MR) is 79.0 cm³/mol. The van der Waals surface area contributed by atoms with Gasteiger partial charge in [0.1, 0.15) is 0 Å². The van der Waals surface area contributed by atoms with Gasteiger partial charge < -0.3 is 19.5 Å². The lowest BCUT2D eigenvalue weighted by molar-refractivity contribution is 0.174. The lowest BCUT2D eigenvalue weighted by Gasteiger charge is -2.22. The molecule has 0 bridgehead atoms. The molecule has 21 heavy (non-hydrogen) atoms. The van der Waals surface area contributed by atoms with Gasteiger partial charge in [-0.3, -0.25) is 0 Å². The van der Waals surface area contributed by atoms with E-state index in [9.17, 15) is 0 Å². The van der Waals surface area contributed by atoms with Crippen LogP contribution < -0.4 is 19.5 Å². The minimum absolute atomic E-state index is 0.281. The summed E-state index contributed by atoms with van der Waals surface area (Å²) in [5, 5.41) is 5.44. The topological polar surface area (TPSA) is 52.6 Å². The molecule has 0 radical (unpaired) electrons. The molecule has 1 atom stereocenters. The molecule has 1 fully saturated rings. The summed E-state index contributed by atoms with van der Waals surface area (Å²) in [6.45, 7) is 3.13. The van der Waals surface area contributed by atoms with E-state index in [1.165, 1.54) is 12.8 Å². The summed E-state index contributed by atoms with van der Waals surface area (Å²) in [6.07, 6.45) is 4.21. The van der Waals surface area contributed by atoms with Gasteiger partial charge in [-0.2, -0.15) is 0 Å². The van der Waals surface area contributed by atoms with E-state index in [-0.39, 0.29) is 6.79 Å². The van der Waals surface area contributed by atoms with Crippen molar-refractivity contribution in [2.24, 2.45) is 5.92 Å². The maximum Gasteiger partial charge on any atom is 0.231 e. The van der Waals surface area contributed by atoms with Gasteiger partial charge >= 0.3 is 0 Å². The van der Waals surface area contributed by atoms with Crippen molar-refractivity contribution in [3.05, 3.63) is 24.4 Å². The number of piperidine rings is 1. The van der Waals surface area contributed by atoms with E-state index >= 15 is 0 Å². The zero-order valence-electron chi connectivity index (χ0n) is 11.8. The Morgan fingerprint density at radius 3 is 3.05 bits per heavy atom. The number of rotatable bonds is 3. The highest BCUT2D eigenvalue weighted by atomic mass is 16.7. The SMILES string of the molecule is c1cc2cc3c(cc2c(OCC2CCCNC2)n1)OCO3. The Kier molecular flexibility index (Phi) is 3.27. The van der Waals surface area contributed by atoms with Gasteiger partial charge in [-0.15, -0.1) is 0 Å². The summed E-state index contributed by atoms with van der Waals surface area (Å²) >= 11 is 0. The third-order valence-electron chi connectivity index (χ3n) is 4.08. The van der Waals surface area contributed by atoms with Crippen molar-refractivity contribution in [3.8, 4) is 17.4 Å². The lowest BCUT2D eigenvalue weighted by atomic mass is 10.0. The van der Waals surface area contributed by atoms with Gasteiger partial charge in [0.25, 0.3) is 0 Å². The number of pyridine rings is 1. The van der Waals surface area contributed by atoms with Crippen LogP contribution >= 0.6 is 0 Å². The largest absolute Gasteiger partial charge is 0.477 e. The summed E-state index contributed by atoms with van der Waals surface area (Å²) in [5.41, 5.74) is 0. The van der Waals surface area contributed by atoms with Crippen molar-refractivity contribution >= 4 is 10.8 Å². The van der Waals surface area contributed by atoms with Crippen LogP contribution in [0, 0.1) is 5.92 Å². The van der Waals surface area contributed by atoms with E-state index in [0.717, 1.165) is 35.4 Å². The summed E-state index contributed by atoms with van der Waals surface area (Å²) in [6, 6.07) is 5.90. The van der Waals surface area contributed by atoms with Crippen LogP contribution in [0.5, 0.6) is 17.4 Å². The molecule has 0 amide bonds. The number of hydrogen-bond acceptors (Lipinski definition) is 5. The van der Waals surface area contributed by atoms with E-state index in [1.807, 2.05) is 18.2 Å². The summed E-state index contributed by atoms with van der Waals surface area (Å²) in [5.74, 6) is 2.79. The number of fused-ring (bicyclic) bond motifs is 2. The maximum atomic E-state index is 5.97. The fourth-order valence-electron chi connectivity index (χ4n) is 2.91. The molecule has 2 aromatic rings. The standard InChI is InChI=1S/C16H18N2O3/c1-2-11(8-17-4-1)9-19-16-13-7-15-14(20-10-21-15)6-12(13)3-5-18-16/h3,5-7,11,17H,1-2,4,8-10H2. The molecule has 4 rings (SSSR count). The van der Waals surface area contributed by atoms with E-state index in [2.05, 4.69) is 10.3 Å². The molecule has 1 aromatic carbocycles. The van der Waals surface area contributed by atoms with Crippen LogP contribution in [-0.2, 0) is 0 Å². The van der Waals surface area contributed by atoms with Gasteiger partial charge in [0, 0.05) is 24.0 Å². The van der Waals surface area contributed by atoms with E-state index < -0.39 is 0 Å². The second kappa shape index (κ2) is 5.41. The average Bonchev–Trinajstić information content (AvgIpc) is 2.99. The Balaban J connectivity index is 1.59. The Bertz CT molecular complexity index is 653. The lowest BCUT2D eigenvalue weighted by Crippen LogP contribution is -2.33. The first kappa shape index (κ1) is 12.7. The second-order valence-corrected chi connectivity index (χ2v) is 5.57. The number of hydrogen-bond donors (Lipinski definition) is 1. The minimum Gasteiger partial charge on any atom is -0.477 e. The number of nitrogens with zero attached hydrogens (tertiary/aromatic N) is 1. The van der Waals surface area contributed by atoms with Gasteiger partial charge in [0.2, 0.25) is 12.7 Å².